The summed E-state index contributed by atoms with van der Waals surface area (Å²) in [6.45, 7) is 2.24. The molecule has 1 aromatic rings. The van der Waals surface area contributed by atoms with E-state index in [1.165, 1.54) is 22.7 Å². The van der Waals surface area contributed by atoms with Crippen LogP contribution in [0.5, 0.6) is 0 Å². The first-order chi connectivity index (χ1) is 11.8. The number of rotatable bonds is 5. The van der Waals surface area contributed by atoms with Gasteiger partial charge in [-0.25, -0.2) is 0 Å². The van der Waals surface area contributed by atoms with Gasteiger partial charge in [-0.05, 0) is 31.4 Å². The first-order valence-corrected chi connectivity index (χ1v) is 10.1. The van der Waals surface area contributed by atoms with Gasteiger partial charge in [0.2, 0.25) is 5.91 Å². The van der Waals surface area contributed by atoms with E-state index in [1.54, 1.807) is 0 Å². The number of nitrogens with zero attached hydrogens (tertiary/aromatic N) is 3. The standard InChI is InChI=1S/C17H26N4O3S/c1-19(2)25(23,24)21-13-9-17(10-14-21,16(22)20-11-6-12-20)18-15-7-4-3-5-8-15/h3-5,7-8,18H,6,9-14H2,1-2H3. The summed E-state index contributed by atoms with van der Waals surface area (Å²) in [6.07, 6.45) is 1.96. The highest BCUT2D eigenvalue weighted by molar-refractivity contribution is 7.86. The van der Waals surface area contributed by atoms with Gasteiger partial charge in [0.1, 0.15) is 5.54 Å². The highest BCUT2D eigenvalue weighted by Crippen LogP contribution is 2.32. The molecule has 138 valence electrons. The minimum atomic E-state index is -3.45. The second-order valence-corrected chi connectivity index (χ2v) is 9.05. The molecule has 2 saturated heterocycles. The lowest BCUT2D eigenvalue weighted by Gasteiger charge is -2.46. The van der Waals surface area contributed by atoms with Crippen LogP contribution in [-0.4, -0.2) is 73.6 Å². The largest absolute Gasteiger partial charge is 0.371 e. The van der Waals surface area contributed by atoms with Gasteiger partial charge in [0, 0.05) is 46.0 Å². The molecule has 0 aromatic heterocycles. The highest BCUT2D eigenvalue weighted by atomic mass is 32.2. The molecule has 1 N–H and O–H groups in total. The molecule has 0 saturated carbocycles. The van der Waals surface area contributed by atoms with Gasteiger partial charge in [-0.15, -0.1) is 0 Å². The average molecular weight is 366 g/mol. The van der Waals surface area contributed by atoms with Gasteiger partial charge in [-0.1, -0.05) is 18.2 Å². The molecular weight excluding hydrogens is 340 g/mol. The number of amides is 1. The van der Waals surface area contributed by atoms with E-state index >= 15 is 0 Å². The fraction of sp³-hybridized carbons (Fsp3) is 0.588. The topological polar surface area (TPSA) is 73.0 Å². The molecule has 0 unspecified atom stereocenters. The average Bonchev–Trinajstić information content (AvgIpc) is 2.54. The maximum absolute atomic E-state index is 13.1. The third-order valence-corrected chi connectivity index (χ3v) is 7.01. The van der Waals surface area contributed by atoms with Crippen molar-refractivity contribution in [1.29, 1.82) is 0 Å². The maximum Gasteiger partial charge on any atom is 0.281 e. The van der Waals surface area contributed by atoms with Gasteiger partial charge >= 0.3 is 0 Å². The van der Waals surface area contributed by atoms with Crippen molar-refractivity contribution in [3.05, 3.63) is 30.3 Å². The number of para-hydroxylation sites is 1. The predicted octanol–water partition coefficient (Wildman–Crippen LogP) is 0.972. The van der Waals surface area contributed by atoms with Crippen molar-refractivity contribution >= 4 is 21.8 Å². The van der Waals surface area contributed by atoms with E-state index in [9.17, 15) is 13.2 Å². The van der Waals surface area contributed by atoms with Crippen LogP contribution in [0.1, 0.15) is 19.3 Å². The van der Waals surface area contributed by atoms with Crippen LogP contribution < -0.4 is 5.32 Å². The summed E-state index contributed by atoms with van der Waals surface area (Å²) >= 11 is 0. The lowest BCUT2D eigenvalue weighted by atomic mass is 9.85. The Bertz CT molecular complexity index is 709. The van der Waals surface area contributed by atoms with Crippen molar-refractivity contribution in [2.45, 2.75) is 24.8 Å². The van der Waals surface area contributed by atoms with E-state index in [1.807, 2.05) is 35.2 Å². The number of benzene rings is 1. The zero-order valence-electron chi connectivity index (χ0n) is 14.8. The fourth-order valence-electron chi connectivity index (χ4n) is 3.34. The maximum atomic E-state index is 13.1. The molecule has 1 amide bonds. The van der Waals surface area contributed by atoms with E-state index in [4.69, 9.17) is 0 Å². The van der Waals surface area contributed by atoms with Gasteiger partial charge in [0.25, 0.3) is 10.2 Å². The summed E-state index contributed by atoms with van der Waals surface area (Å²) in [5.41, 5.74) is 0.153. The normalized spacial score (nSPS) is 21.0. The Morgan fingerprint density at radius 2 is 1.68 bits per heavy atom. The Balaban J connectivity index is 1.81. The minimum absolute atomic E-state index is 0.0875. The first-order valence-electron chi connectivity index (χ1n) is 8.65. The lowest BCUT2D eigenvalue weighted by molar-refractivity contribution is -0.141. The molecule has 7 nitrogen and oxygen atoms in total. The van der Waals surface area contributed by atoms with Crippen molar-refractivity contribution in [2.75, 3.05) is 45.6 Å². The molecule has 1 aromatic carbocycles. The number of anilines is 1. The van der Waals surface area contributed by atoms with Crippen LogP contribution in [0.2, 0.25) is 0 Å². The zero-order valence-corrected chi connectivity index (χ0v) is 15.6. The van der Waals surface area contributed by atoms with E-state index in [2.05, 4.69) is 5.32 Å². The van der Waals surface area contributed by atoms with Crippen molar-refractivity contribution < 1.29 is 13.2 Å². The van der Waals surface area contributed by atoms with Crippen molar-refractivity contribution in [3.63, 3.8) is 0 Å². The molecule has 0 spiro atoms. The monoisotopic (exact) mass is 366 g/mol. The van der Waals surface area contributed by atoms with Crippen LogP contribution in [0.25, 0.3) is 0 Å². The SMILES string of the molecule is CN(C)S(=O)(=O)N1CCC(Nc2ccccc2)(C(=O)N2CCC2)CC1. The van der Waals surface area contributed by atoms with Crippen LogP contribution in [0.3, 0.4) is 0 Å². The molecule has 8 heteroatoms. The molecule has 2 heterocycles. The molecule has 2 fully saturated rings. The summed E-state index contributed by atoms with van der Waals surface area (Å²) < 4.78 is 27.4. The lowest BCUT2D eigenvalue weighted by Crippen LogP contribution is -2.62. The first kappa shape index (κ1) is 18.2. The van der Waals surface area contributed by atoms with E-state index in [0.717, 1.165) is 25.2 Å². The quantitative estimate of drug-likeness (QED) is 0.843. The fourth-order valence-corrected chi connectivity index (χ4v) is 4.45. The van der Waals surface area contributed by atoms with Gasteiger partial charge in [0.15, 0.2) is 0 Å². The summed E-state index contributed by atoms with van der Waals surface area (Å²) in [4.78, 5) is 14.9. The van der Waals surface area contributed by atoms with Crippen LogP contribution in [0, 0.1) is 0 Å². The Labute approximate surface area is 149 Å². The third-order valence-electron chi connectivity index (χ3n) is 5.07. The summed E-state index contributed by atoms with van der Waals surface area (Å²) in [6, 6.07) is 9.66. The predicted molar refractivity (Wildman–Crippen MR) is 97.4 cm³/mol. The Kier molecular flexibility index (Phi) is 5.04. The van der Waals surface area contributed by atoms with Crippen molar-refractivity contribution in [1.82, 2.24) is 13.5 Å². The molecule has 2 aliphatic rings. The summed E-state index contributed by atoms with van der Waals surface area (Å²) in [5, 5.41) is 3.42. The number of likely N-dealkylation sites (tertiary alicyclic amines) is 1. The Morgan fingerprint density at radius 1 is 1.08 bits per heavy atom. The smallest absolute Gasteiger partial charge is 0.281 e. The second-order valence-electron chi connectivity index (χ2n) is 6.91. The summed E-state index contributed by atoms with van der Waals surface area (Å²) in [7, 11) is -0.382. The van der Waals surface area contributed by atoms with E-state index in [-0.39, 0.29) is 5.91 Å². The highest BCUT2D eigenvalue weighted by Gasteiger charge is 2.46. The zero-order chi connectivity index (χ0) is 18.1. The Morgan fingerprint density at radius 3 is 2.16 bits per heavy atom. The van der Waals surface area contributed by atoms with Crippen LogP contribution in [0.15, 0.2) is 30.3 Å². The molecule has 0 radical (unpaired) electrons. The molecule has 0 atom stereocenters. The number of hydrogen-bond donors (Lipinski definition) is 1. The van der Waals surface area contributed by atoms with Gasteiger partial charge in [-0.3, -0.25) is 4.79 Å². The molecule has 25 heavy (non-hydrogen) atoms. The van der Waals surface area contributed by atoms with Gasteiger partial charge in [-0.2, -0.15) is 17.0 Å². The van der Waals surface area contributed by atoms with E-state index < -0.39 is 15.7 Å². The van der Waals surface area contributed by atoms with Gasteiger partial charge < -0.3 is 10.2 Å². The van der Waals surface area contributed by atoms with Crippen LogP contribution in [-0.2, 0) is 15.0 Å². The van der Waals surface area contributed by atoms with Crippen molar-refractivity contribution in [3.8, 4) is 0 Å². The minimum Gasteiger partial charge on any atom is -0.371 e. The third kappa shape index (κ3) is 3.51. The van der Waals surface area contributed by atoms with Crippen molar-refractivity contribution in [2.24, 2.45) is 0 Å². The van der Waals surface area contributed by atoms with Crippen LogP contribution in [0.4, 0.5) is 5.69 Å². The second kappa shape index (κ2) is 6.93. The summed E-state index contributed by atoms with van der Waals surface area (Å²) in [5.74, 6) is 0.0875. The van der Waals surface area contributed by atoms with Crippen LogP contribution >= 0.6 is 0 Å². The molecule has 3 rings (SSSR count). The number of piperidine rings is 1. The molecular formula is C17H26N4O3S. The molecule has 0 aliphatic carbocycles. The number of hydrogen-bond acceptors (Lipinski definition) is 4. The molecule has 2 aliphatic heterocycles. The van der Waals surface area contributed by atoms with E-state index in [0.29, 0.717) is 25.9 Å². The Hall–Kier alpha value is -1.64. The number of nitrogens with one attached hydrogen (secondary N) is 1. The molecule has 0 bridgehead atoms. The number of carbonyl (C=O) groups excluding carboxylic acids is 1. The number of carbonyl (C=O) groups is 1. The van der Waals surface area contributed by atoms with Gasteiger partial charge in [0.05, 0.1) is 0 Å².